The molecule has 3 nitrogen and oxygen atoms in total. The van der Waals surface area contributed by atoms with Gasteiger partial charge in [0.2, 0.25) is 5.91 Å². The SMILES string of the molecule is CNC(=O)CC1NCCCC1C. The molecule has 1 aliphatic heterocycles. The van der Waals surface area contributed by atoms with E-state index in [9.17, 15) is 4.79 Å². The molecule has 1 amide bonds. The van der Waals surface area contributed by atoms with Crippen molar-refractivity contribution in [2.75, 3.05) is 13.6 Å². The minimum atomic E-state index is 0.140. The van der Waals surface area contributed by atoms with Crippen molar-refractivity contribution in [3.8, 4) is 0 Å². The Kier molecular flexibility index (Phi) is 3.53. The molecule has 0 spiro atoms. The first-order valence-corrected chi connectivity index (χ1v) is 4.68. The molecule has 0 aromatic carbocycles. The number of carbonyl (C=O) groups excluding carboxylic acids is 1. The number of amides is 1. The van der Waals surface area contributed by atoms with Gasteiger partial charge in [-0.2, -0.15) is 0 Å². The zero-order valence-corrected chi connectivity index (χ0v) is 7.89. The molecular weight excluding hydrogens is 152 g/mol. The number of hydrogen-bond acceptors (Lipinski definition) is 2. The highest BCUT2D eigenvalue weighted by Crippen LogP contribution is 2.17. The van der Waals surface area contributed by atoms with Crippen LogP contribution in [-0.4, -0.2) is 25.5 Å². The Balaban J connectivity index is 2.33. The first kappa shape index (κ1) is 9.52. The maximum atomic E-state index is 11.1. The Morgan fingerprint density at radius 2 is 2.42 bits per heavy atom. The molecule has 1 fully saturated rings. The fourth-order valence-electron chi connectivity index (χ4n) is 1.69. The predicted octanol–water partition coefficient (Wildman–Crippen LogP) is 0.511. The van der Waals surface area contributed by atoms with Crippen molar-refractivity contribution >= 4 is 5.91 Å². The summed E-state index contributed by atoms with van der Waals surface area (Å²) < 4.78 is 0. The molecule has 0 aromatic heterocycles. The van der Waals surface area contributed by atoms with Crippen molar-refractivity contribution in [1.29, 1.82) is 0 Å². The maximum Gasteiger partial charge on any atom is 0.221 e. The second kappa shape index (κ2) is 4.45. The van der Waals surface area contributed by atoms with Gasteiger partial charge in [-0.15, -0.1) is 0 Å². The third-order valence-electron chi connectivity index (χ3n) is 2.61. The van der Waals surface area contributed by atoms with E-state index in [2.05, 4.69) is 17.6 Å². The normalized spacial score (nSPS) is 29.8. The fraction of sp³-hybridized carbons (Fsp3) is 0.889. The van der Waals surface area contributed by atoms with E-state index < -0.39 is 0 Å². The molecule has 1 rings (SSSR count). The van der Waals surface area contributed by atoms with Crippen molar-refractivity contribution < 1.29 is 4.79 Å². The van der Waals surface area contributed by atoms with E-state index in [4.69, 9.17) is 0 Å². The lowest BCUT2D eigenvalue weighted by Gasteiger charge is -2.29. The van der Waals surface area contributed by atoms with Crippen molar-refractivity contribution in [3.05, 3.63) is 0 Å². The van der Waals surface area contributed by atoms with E-state index in [1.54, 1.807) is 7.05 Å². The van der Waals surface area contributed by atoms with Gasteiger partial charge in [0, 0.05) is 19.5 Å². The average molecular weight is 170 g/mol. The lowest BCUT2D eigenvalue weighted by molar-refractivity contribution is -0.121. The van der Waals surface area contributed by atoms with Crippen LogP contribution in [0.5, 0.6) is 0 Å². The standard InChI is InChI=1S/C9H18N2O/c1-7-4-3-5-11-8(7)6-9(12)10-2/h7-8,11H,3-6H2,1-2H3,(H,10,12). The van der Waals surface area contributed by atoms with Gasteiger partial charge in [-0.3, -0.25) is 4.79 Å². The van der Waals surface area contributed by atoms with Crippen LogP contribution in [0.3, 0.4) is 0 Å². The molecule has 0 radical (unpaired) electrons. The smallest absolute Gasteiger partial charge is 0.221 e. The molecule has 2 unspecified atom stereocenters. The number of carbonyl (C=O) groups is 1. The maximum absolute atomic E-state index is 11.1. The van der Waals surface area contributed by atoms with E-state index in [1.807, 2.05) is 0 Å². The molecule has 12 heavy (non-hydrogen) atoms. The number of hydrogen-bond donors (Lipinski definition) is 2. The second-order valence-corrected chi connectivity index (χ2v) is 3.56. The summed E-state index contributed by atoms with van der Waals surface area (Å²) in [6, 6.07) is 0.388. The van der Waals surface area contributed by atoms with Crippen LogP contribution in [-0.2, 0) is 4.79 Å². The van der Waals surface area contributed by atoms with Crippen LogP contribution in [0.15, 0.2) is 0 Å². The Labute approximate surface area is 73.9 Å². The Hall–Kier alpha value is -0.570. The van der Waals surface area contributed by atoms with Crippen LogP contribution in [0.1, 0.15) is 26.2 Å². The van der Waals surface area contributed by atoms with Crippen LogP contribution < -0.4 is 10.6 Å². The fourth-order valence-corrected chi connectivity index (χ4v) is 1.69. The molecule has 1 heterocycles. The van der Waals surface area contributed by atoms with Gasteiger partial charge in [0.25, 0.3) is 0 Å². The van der Waals surface area contributed by atoms with Crippen LogP contribution in [0.4, 0.5) is 0 Å². The monoisotopic (exact) mass is 170 g/mol. The molecule has 3 heteroatoms. The molecule has 0 bridgehead atoms. The van der Waals surface area contributed by atoms with Crippen LogP contribution >= 0.6 is 0 Å². The van der Waals surface area contributed by atoms with E-state index >= 15 is 0 Å². The molecule has 0 aromatic rings. The van der Waals surface area contributed by atoms with E-state index in [-0.39, 0.29) is 5.91 Å². The average Bonchev–Trinajstić information content (AvgIpc) is 2.09. The van der Waals surface area contributed by atoms with Crippen LogP contribution in [0.2, 0.25) is 0 Å². The minimum absolute atomic E-state index is 0.140. The number of piperidine rings is 1. The van der Waals surface area contributed by atoms with Gasteiger partial charge in [0.15, 0.2) is 0 Å². The highest BCUT2D eigenvalue weighted by atomic mass is 16.1. The summed E-state index contributed by atoms with van der Waals surface area (Å²) in [6.45, 7) is 3.27. The van der Waals surface area contributed by atoms with E-state index in [1.165, 1.54) is 12.8 Å². The van der Waals surface area contributed by atoms with E-state index in [0.717, 1.165) is 6.54 Å². The van der Waals surface area contributed by atoms with Crippen molar-refractivity contribution in [2.24, 2.45) is 5.92 Å². The van der Waals surface area contributed by atoms with Gasteiger partial charge >= 0.3 is 0 Å². The number of nitrogens with one attached hydrogen (secondary N) is 2. The van der Waals surface area contributed by atoms with Gasteiger partial charge in [-0.05, 0) is 25.3 Å². The number of rotatable bonds is 2. The Bertz CT molecular complexity index is 159. The summed E-state index contributed by atoms with van der Waals surface area (Å²) in [7, 11) is 1.69. The van der Waals surface area contributed by atoms with Crippen molar-refractivity contribution in [3.63, 3.8) is 0 Å². The molecule has 0 saturated carbocycles. The van der Waals surface area contributed by atoms with Crippen LogP contribution in [0, 0.1) is 5.92 Å². The Morgan fingerprint density at radius 1 is 1.67 bits per heavy atom. The van der Waals surface area contributed by atoms with Crippen LogP contribution in [0.25, 0.3) is 0 Å². The van der Waals surface area contributed by atoms with Gasteiger partial charge in [0.1, 0.15) is 0 Å². The first-order valence-electron chi connectivity index (χ1n) is 4.68. The van der Waals surface area contributed by atoms with Gasteiger partial charge in [0.05, 0.1) is 0 Å². The summed E-state index contributed by atoms with van der Waals surface area (Å²) in [5.74, 6) is 0.775. The zero-order valence-electron chi connectivity index (χ0n) is 7.89. The van der Waals surface area contributed by atoms with Gasteiger partial charge in [-0.1, -0.05) is 6.92 Å². The molecule has 2 N–H and O–H groups in total. The molecule has 1 aliphatic rings. The van der Waals surface area contributed by atoms with Crippen molar-refractivity contribution in [1.82, 2.24) is 10.6 Å². The third-order valence-corrected chi connectivity index (χ3v) is 2.61. The summed E-state index contributed by atoms with van der Waals surface area (Å²) in [5.41, 5.74) is 0. The third kappa shape index (κ3) is 2.48. The second-order valence-electron chi connectivity index (χ2n) is 3.56. The summed E-state index contributed by atoms with van der Waals surface area (Å²) >= 11 is 0. The highest BCUT2D eigenvalue weighted by molar-refractivity contribution is 5.76. The molecule has 70 valence electrons. The quantitative estimate of drug-likeness (QED) is 0.634. The summed E-state index contributed by atoms with van der Waals surface area (Å²) in [4.78, 5) is 11.1. The summed E-state index contributed by atoms with van der Waals surface area (Å²) in [5, 5.41) is 6.03. The predicted molar refractivity (Wildman–Crippen MR) is 48.9 cm³/mol. The highest BCUT2D eigenvalue weighted by Gasteiger charge is 2.22. The van der Waals surface area contributed by atoms with Gasteiger partial charge in [-0.25, -0.2) is 0 Å². The summed E-state index contributed by atoms with van der Waals surface area (Å²) in [6.07, 6.45) is 3.11. The van der Waals surface area contributed by atoms with E-state index in [0.29, 0.717) is 18.4 Å². The molecule has 2 atom stereocenters. The Morgan fingerprint density at radius 3 is 3.00 bits per heavy atom. The molecule has 0 aliphatic carbocycles. The van der Waals surface area contributed by atoms with Gasteiger partial charge < -0.3 is 10.6 Å². The molecule has 1 saturated heterocycles. The lowest BCUT2D eigenvalue weighted by atomic mass is 9.90. The lowest BCUT2D eigenvalue weighted by Crippen LogP contribution is -2.43. The first-order chi connectivity index (χ1) is 5.74. The largest absolute Gasteiger partial charge is 0.359 e. The van der Waals surface area contributed by atoms with Crippen molar-refractivity contribution in [2.45, 2.75) is 32.2 Å². The molecular formula is C9H18N2O. The topological polar surface area (TPSA) is 41.1 Å². The zero-order chi connectivity index (χ0) is 8.97. The minimum Gasteiger partial charge on any atom is -0.359 e.